The molecule has 0 amide bonds. The van der Waals surface area contributed by atoms with Crippen LogP contribution >= 0.6 is 0 Å². The fourth-order valence-electron chi connectivity index (χ4n) is 2.81. The van der Waals surface area contributed by atoms with Gasteiger partial charge in [0.15, 0.2) is 0 Å². The molecule has 1 aliphatic rings. The van der Waals surface area contributed by atoms with Crippen LogP contribution in [0, 0.1) is 0 Å². The molecule has 0 aromatic heterocycles. The molecule has 0 N–H and O–H groups in total. The van der Waals surface area contributed by atoms with Crippen molar-refractivity contribution < 1.29 is 28.4 Å². The lowest BCUT2D eigenvalue weighted by Crippen LogP contribution is -2.15. The van der Waals surface area contributed by atoms with Crippen LogP contribution < -0.4 is 9.47 Å². The molecule has 2 aromatic carbocycles. The standard InChI is InChI=1S/C22H28O6/c1-3-7-21-19(5-1)20-6-2-4-8-22(20)28-18-16-26-14-12-24-10-9-23-11-13-25-15-17-27-21/h1-8H,9-18H2. The van der Waals surface area contributed by atoms with E-state index in [9.17, 15) is 0 Å². The van der Waals surface area contributed by atoms with E-state index in [0.717, 1.165) is 22.6 Å². The maximum atomic E-state index is 5.96. The van der Waals surface area contributed by atoms with E-state index in [4.69, 9.17) is 28.4 Å². The molecule has 0 unspecified atom stereocenters. The highest BCUT2D eigenvalue weighted by Gasteiger charge is 2.11. The normalized spacial score (nSPS) is 18.0. The monoisotopic (exact) mass is 388 g/mol. The molecule has 28 heavy (non-hydrogen) atoms. The summed E-state index contributed by atoms with van der Waals surface area (Å²) in [5, 5.41) is 0. The Morgan fingerprint density at radius 3 is 1.11 bits per heavy atom. The van der Waals surface area contributed by atoms with E-state index in [2.05, 4.69) is 0 Å². The summed E-state index contributed by atoms with van der Waals surface area (Å²) in [5.74, 6) is 1.61. The van der Waals surface area contributed by atoms with Crippen LogP contribution in [0.4, 0.5) is 0 Å². The summed E-state index contributed by atoms with van der Waals surface area (Å²) in [6.07, 6.45) is 0. The molecule has 2 aromatic rings. The number of hydrogen-bond donors (Lipinski definition) is 0. The van der Waals surface area contributed by atoms with Crippen molar-refractivity contribution in [1.82, 2.24) is 0 Å². The van der Waals surface area contributed by atoms with Gasteiger partial charge >= 0.3 is 0 Å². The highest BCUT2D eigenvalue weighted by molar-refractivity contribution is 5.75. The third-order valence-electron chi connectivity index (χ3n) is 4.15. The Hall–Kier alpha value is -2.12. The summed E-state index contributed by atoms with van der Waals surface area (Å²) in [6, 6.07) is 15.9. The first-order valence-corrected chi connectivity index (χ1v) is 9.70. The van der Waals surface area contributed by atoms with Crippen molar-refractivity contribution in [2.75, 3.05) is 66.1 Å². The molecule has 0 spiro atoms. The lowest BCUT2D eigenvalue weighted by atomic mass is 10.0. The minimum atomic E-state index is 0.469. The van der Waals surface area contributed by atoms with E-state index in [1.165, 1.54) is 0 Å². The summed E-state index contributed by atoms with van der Waals surface area (Å²) in [7, 11) is 0. The van der Waals surface area contributed by atoms with Crippen molar-refractivity contribution >= 4 is 0 Å². The molecular weight excluding hydrogens is 360 g/mol. The zero-order valence-electron chi connectivity index (χ0n) is 16.1. The predicted octanol–water partition coefficient (Wildman–Crippen LogP) is 3.19. The Labute approximate surface area is 166 Å². The highest BCUT2D eigenvalue weighted by atomic mass is 16.6. The Morgan fingerprint density at radius 1 is 0.393 bits per heavy atom. The van der Waals surface area contributed by atoms with Crippen LogP contribution in [0.2, 0.25) is 0 Å². The van der Waals surface area contributed by atoms with Gasteiger partial charge in [-0.2, -0.15) is 0 Å². The van der Waals surface area contributed by atoms with Gasteiger partial charge in [-0.25, -0.2) is 0 Å². The molecule has 0 aliphatic carbocycles. The van der Waals surface area contributed by atoms with Gasteiger partial charge in [0.05, 0.1) is 52.9 Å². The number of ether oxygens (including phenoxy) is 6. The molecule has 0 saturated heterocycles. The van der Waals surface area contributed by atoms with E-state index in [-0.39, 0.29) is 0 Å². The van der Waals surface area contributed by atoms with Gasteiger partial charge in [-0.05, 0) is 12.1 Å². The Morgan fingerprint density at radius 2 is 0.714 bits per heavy atom. The highest BCUT2D eigenvalue weighted by Crippen LogP contribution is 2.36. The van der Waals surface area contributed by atoms with Crippen molar-refractivity contribution in [1.29, 1.82) is 0 Å². The van der Waals surface area contributed by atoms with Gasteiger partial charge in [0.2, 0.25) is 0 Å². The quantitative estimate of drug-likeness (QED) is 0.691. The molecular formula is C22H28O6. The van der Waals surface area contributed by atoms with Crippen molar-refractivity contribution in [3.8, 4) is 22.6 Å². The van der Waals surface area contributed by atoms with E-state index in [1.54, 1.807) is 0 Å². The fraction of sp³-hybridized carbons (Fsp3) is 0.455. The third kappa shape index (κ3) is 6.80. The molecule has 0 saturated carbocycles. The largest absolute Gasteiger partial charge is 0.491 e. The average Bonchev–Trinajstić information content (AvgIpc) is 2.73. The summed E-state index contributed by atoms with van der Waals surface area (Å²) in [4.78, 5) is 0. The summed E-state index contributed by atoms with van der Waals surface area (Å²) in [5.41, 5.74) is 1.98. The van der Waals surface area contributed by atoms with Crippen LogP contribution in [0.25, 0.3) is 11.1 Å². The Balaban J connectivity index is 1.68. The molecule has 0 atom stereocenters. The number of hydrogen-bond acceptors (Lipinski definition) is 6. The van der Waals surface area contributed by atoms with Crippen LogP contribution in [0.1, 0.15) is 0 Å². The van der Waals surface area contributed by atoms with Crippen LogP contribution in [-0.2, 0) is 18.9 Å². The zero-order valence-corrected chi connectivity index (χ0v) is 16.1. The summed E-state index contributed by atoms with van der Waals surface area (Å²) in [6.45, 7) is 5.19. The van der Waals surface area contributed by atoms with E-state index >= 15 is 0 Å². The van der Waals surface area contributed by atoms with Gasteiger partial charge in [-0.3, -0.25) is 0 Å². The minimum Gasteiger partial charge on any atom is -0.491 e. The number of rotatable bonds is 0. The van der Waals surface area contributed by atoms with Gasteiger partial charge in [0.25, 0.3) is 0 Å². The summed E-state index contributed by atoms with van der Waals surface area (Å²) >= 11 is 0. The maximum Gasteiger partial charge on any atom is 0.127 e. The molecule has 3 rings (SSSR count). The number of benzene rings is 2. The number of fused-ring (bicyclic) bond motifs is 3. The van der Waals surface area contributed by atoms with E-state index < -0.39 is 0 Å². The molecule has 1 heterocycles. The minimum absolute atomic E-state index is 0.469. The second kappa shape index (κ2) is 12.4. The lowest BCUT2D eigenvalue weighted by molar-refractivity contribution is -0.00705. The first-order valence-electron chi connectivity index (χ1n) is 9.70. The SMILES string of the molecule is c1ccc2c(c1)OCCOCCOCCOCCOCCOc1ccccc1-2. The number of para-hydroxylation sites is 2. The molecule has 152 valence electrons. The maximum absolute atomic E-state index is 5.96. The van der Waals surface area contributed by atoms with E-state index in [0.29, 0.717) is 66.1 Å². The van der Waals surface area contributed by atoms with Gasteiger partial charge in [0, 0.05) is 11.1 Å². The Kier molecular flexibility index (Phi) is 9.10. The van der Waals surface area contributed by atoms with Gasteiger partial charge in [0.1, 0.15) is 24.7 Å². The molecule has 0 radical (unpaired) electrons. The topological polar surface area (TPSA) is 55.4 Å². The fourth-order valence-corrected chi connectivity index (χ4v) is 2.81. The second-order valence-corrected chi connectivity index (χ2v) is 6.14. The first-order chi connectivity index (χ1) is 13.9. The smallest absolute Gasteiger partial charge is 0.127 e. The molecule has 6 nitrogen and oxygen atoms in total. The predicted molar refractivity (Wildman–Crippen MR) is 106 cm³/mol. The third-order valence-corrected chi connectivity index (χ3v) is 4.15. The zero-order chi connectivity index (χ0) is 19.3. The van der Waals surface area contributed by atoms with Gasteiger partial charge < -0.3 is 28.4 Å². The van der Waals surface area contributed by atoms with Crippen LogP contribution in [0.3, 0.4) is 0 Å². The van der Waals surface area contributed by atoms with Gasteiger partial charge in [-0.1, -0.05) is 36.4 Å². The average molecular weight is 388 g/mol. The molecule has 0 fully saturated rings. The Bertz CT molecular complexity index is 631. The van der Waals surface area contributed by atoms with Crippen LogP contribution in [0.15, 0.2) is 48.5 Å². The second-order valence-electron chi connectivity index (χ2n) is 6.14. The summed E-state index contributed by atoms with van der Waals surface area (Å²) < 4.78 is 34.0. The van der Waals surface area contributed by atoms with Crippen molar-refractivity contribution in [3.63, 3.8) is 0 Å². The lowest BCUT2D eigenvalue weighted by Gasteiger charge is -2.16. The van der Waals surface area contributed by atoms with Crippen molar-refractivity contribution in [2.24, 2.45) is 0 Å². The van der Waals surface area contributed by atoms with E-state index in [1.807, 2.05) is 48.5 Å². The van der Waals surface area contributed by atoms with Crippen molar-refractivity contribution in [2.45, 2.75) is 0 Å². The van der Waals surface area contributed by atoms with Gasteiger partial charge in [-0.15, -0.1) is 0 Å². The van der Waals surface area contributed by atoms with Crippen LogP contribution in [-0.4, -0.2) is 66.1 Å². The first kappa shape index (κ1) is 20.6. The molecule has 6 heteroatoms. The van der Waals surface area contributed by atoms with Crippen molar-refractivity contribution in [3.05, 3.63) is 48.5 Å². The molecule has 0 bridgehead atoms. The molecule has 1 aliphatic heterocycles. The van der Waals surface area contributed by atoms with Crippen LogP contribution in [0.5, 0.6) is 11.5 Å².